The van der Waals surface area contributed by atoms with Crippen LogP contribution in [0.5, 0.6) is 5.75 Å². The number of rotatable bonds is 8. The highest BCUT2D eigenvalue weighted by molar-refractivity contribution is 14.0. The highest BCUT2D eigenvalue weighted by Crippen LogP contribution is 2.30. The first-order chi connectivity index (χ1) is 14.6. The minimum absolute atomic E-state index is 0. The van der Waals surface area contributed by atoms with Crippen LogP contribution in [0.25, 0.3) is 5.65 Å². The van der Waals surface area contributed by atoms with Crippen molar-refractivity contribution in [3.05, 3.63) is 59.8 Å². The normalized spacial score (nSPS) is 14.7. The Morgan fingerprint density at radius 3 is 2.87 bits per heavy atom. The number of guanidine groups is 1. The zero-order valence-electron chi connectivity index (χ0n) is 17.7. The summed E-state index contributed by atoms with van der Waals surface area (Å²) in [6, 6.07) is 10.7. The Bertz CT molecular complexity index is 1040. The summed E-state index contributed by atoms with van der Waals surface area (Å²) in [7, 11) is 0. The zero-order chi connectivity index (χ0) is 20.9. The van der Waals surface area contributed by atoms with Crippen molar-refractivity contribution in [2.75, 3.05) is 13.2 Å². The molecule has 166 valence electrons. The molecule has 2 aromatic heterocycles. The minimum atomic E-state index is -0.335. The summed E-state index contributed by atoms with van der Waals surface area (Å²) in [5, 5.41) is 14.9. The molecule has 0 amide bonds. The molecule has 1 unspecified atom stereocenters. The van der Waals surface area contributed by atoms with Crippen molar-refractivity contribution in [3.63, 3.8) is 0 Å². The number of benzene rings is 1. The largest absolute Gasteiger partial charge is 0.490 e. The summed E-state index contributed by atoms with van der Waals surface area (Å²) in [6.07, 6.45) is 4.27. The van der Waals surface area contributed by atoms with Gasteiger partial charge in [-0.2, -0.15) is 0 Å². The Balaban J connectivity index is 0.00000272. The quantitative estimate of drug-likeness (QED) is 0.257. The molecule has 2 heterocycles. The van der Waals surface area contributed by atoms with Crippen molar-refractivity contribution < 1.29 is 9.13 Å². The molecule has 0 bridgehead atoms. The van der Waals surface area contributed by atoms with Gasteiger partial charge in [-0.05, 0) is 62.4 Å². The van der Waals surface area contributed by atoms with Crippen LogP contribution in [0.1, 0.15) is 44.1 Å². The van der Waals surface area contributed by atoms with Crippen LogP contribution in [0.4, 0.5) is 4.39 Å². The molecule has 0 spiro atoms. The second kappa shape index (κ2) is 10.7. The third-order valence-corrected chi connectivity index (χ3v) is 5.09. The molecule has 2 N–H and O–H groups in total. The number of pyridine rings is 1. The van der Waals surface area contributed by atoms with Crippen LogP contribution >= 0.6 is 24.0 Å². The molecule has 0 saturated heterocycles. The van der Waals surface area contributed by atoms with Crippen molar-refractivity contribution in [1.82, 2.24) is 25.2 Å². The Labute approximate surface area is 198 Å². The van der Waals surface area contributed by atoms with E-state index in [-0.39, 0.29) is 35.8 Å². The van der Waals surface area contributed by atoms with Gasteiger partial charge in [-0.3, -0.25) is 4.40 Å². The molecular weight excluding hydrogens is 510 g/mol. The van der Waals surface area contributed by atoms with Gasteiger partial charge < -0.3 is 15.4 Å². The Kier molecular flexibility index (Phi) is 8.05. The summed E-state index contributed by atoms with van der Waals surface area (Å²) in [4.78, 5) is 4.62. The minimum Gasteiger partial charge on any atom is -0.490 e. The van der Waals surface area contributed by atoms with E-state index in [1.807, 2.05) is 48.7 Å². The van der Waals surface area contributed by atoms with Gasteiger partial charge in [-0.1, -0.05) is 12.1 Å². The van der Waals surface area contributed by atoms with Crippen molar-refractivity contribution in [3.8, 4) is 5.75 Å². The van der Waals surface area contributed by atoms with Crippen molar-refractivity contribution in [2.24, 2.45) is 10.9 Å². The van der Waals surface area contributed by atoms with Gasteiger partial charge in [0, 0.05) is 12.7 Å². The number of nitrogens with one attached hydrogen (secondary N) is 2. The van der Waals surface area contributed by atoms with Crippen molar-refractivity contribution in [1.29, 1.82) is 0 Å². The lowest BCUT2D eigenvalue weighted by Crippen LogP contribution is -2.38. The summed E-state index contributed by atoms with van der Waals surface area (Å²) >= 11 is 0. The van der Waals surface area contributed by atoms with E-state index >= 15 is 0 Å². The van der Waals surface area contributed by atoms with Gasteiger partial charge in [-0.25, -0.2) is 9.38 Å². The molecule has 31 heavy (non-hydrogen) atoms. The fraction of sp³-hybridized carbons (Fsp3) is 0.409. The number of hydrogen-bond donors (Lipinski definition) is 2. The topological polar surface area (TPSA) is 75.8 Å². The molecule has 0 aliphatic heterocycles. The fourth-order valence-corrected chi connectivity index (χ4v) is 3.15. The monoisotopic (exact) mass is 538 g/mol. The second-order valence-electron chi connectivity index (χ2n) is 7.55. The number of hydrogen-bond acceptors (Lipinski definition) is 4. The van der Waals surface area contributed by atoms with Crippen LogP contribution in [-0.4, -0.2) is 33.7 Å². The molecule has 4 rings (SSSR count). The van der Waals surface area contributed by atoms with Crippen molar-refractivity contribution in [2.45, 2.75) is 39.3 Å². The van der Waals surface area contributed by atoms with Crippen molar-refractivity contribution >= 4 is 35.6 Å². The van der Waals surface area contributed by atoms with Gasteiger partial charge in [-0.15, -0.1) is 34.2 Å². The SMILES string of the molecule is CCNC(=NCc1nnc2ccccn12)NC(C)c1ccc(OCC2CC2)c(F)c1.I. The molecule has 1 fully saturated rings. The number of aliphatic imine (C=N–C) groups is 1. The van der Waals surface area contributed by atoms with Crippen LogP contribution in [-0.2, 0) is 6.54 Å². The predicted molar refractivity (Wildman–Crippen MR) is 129 cm³/mol. The standard InChI is InChI=1S/C22H27FN6O.HI/c1-3-24-22(25-13-21-28-27-20-6-4-5-11-29(20)21)26-15(2)17-9-10-19(18(23)12-17)30-14-16-7-8-16;/h4-6,9-12,15-16H,3,7-8,13-14H2,1-2H3,(H2,24,25,26);1H. The fourth-order valence-electron chi connectivity index (χ4n) is 3.15. The van der Waals surface area contributed by atoms with Gasteiger partial charge in [0.1, 0.15) is 6.54 Å². The maximum atomic E-state index is 14.4. The van der Waals surface area contributed by atoms with E-state index in [9.17, 15) is 4.39 Å². The molecule has 1 aromatic carbocycles. The maximum absolute atomic E-state index is 14.4. The van der Waals surface area contributed by atoms with Crippen LogP contribution in [0, 0.1) is 11.7 Å². The molecule has 1 saturated carbocycles. The highest BCUT2D eigenvalue weighted by atomic mass is 127. The van der Waals surface area contributed by atoms with E-state index < -0.39 is 0 Å². The number of aromatic nitrogens is 3. The van der Waals surface area contributed by atoms with Crippen LogP contribution in [0.3, 0.4) is 0 Å². The van der Waals surface area contributed by atoms with E-state index in [1.165, 1.54) is 18.9 Å². The van der Waals surface area contributed by atoms with Crippen LogP contribution in [0.2, 0.25) is 0 Å². The number of nitrogens with zero attached hydrogens (tertiary/aromatic N) is 4. The molecule has 0 radical (unpaired) electrons. The summed E-state index contributed by atoms with van der Waals surface area (Å²) < 4.78 is 21.9. The smallest absolute Gasteiger partial charge is 0.192 e. The lowest BCUT2D eigenvalue weighted by Gasteiger charge is -2.19. The Hall–Kier alpha value is -2.43. The van der Waals surface area contributed by atoms with Gasteiger partial charge in [0.15, 0.2) is 29.0 Å². The number of fused-ring (bicyclic) bond motifs is 1. The average Bonchev–Trinajstić information content (AvgIpc) is 3.49. The first-order valence-electron chi connectivity index (χ1n) is 10.4. The van der Waals surface area contributed by atoms with Crippen LogP contribution < -0.4 is 15.4 Å². The van der Waals surface area contributed by atoms with Gasteiger partial charge in [0.05, 0.1) is 12.6 Å². The van der Waals surface area contributed by atoms with Gasteiger partial charge in [0.25, 0.3) is 0 Å². The van der Waals surface area contributed by atoms with E-state index in [0.29, 0.717) is 37.3 Å². The predicted octanol–water partition coefficient (Wildman–Crippen LogP) is 4.09. The Morgan fingerprint density at radius 1 is 1.29 bits per heavy atom. The first-order valence-corrected chi connectivity index (χ1v) is 10.4. The van der Waals surface area contributed by atoms with E-state index in [2.05, 4.69) is 25.8 Å². The summed E-state index contributed by atoms with van der Waals surface area (Å²) in [5.41, 5.74) is 1.61. The van der Waals surface area contributed by atoms with Gasteiger partial charge >= 0.3 is 0 Å². The van der Waals surface area contributed by atoms with E-state index in [4.69, 9.17) is 4.74 Å². The van der Waals surface area contributed by atoms with E-state index in [1.54, 1.807) is 6.07 Å². The maximum Gasteiger partial charge on any atom is 0.192 e. The molecule has 1 aliphatic carbocycles. The molecule has 9 heteroatoms. The molecule has 7 nitrogen and oxygen atoms in total. The Morgan fingerprint density at radius 2 is 2.13 bits per heavy atom. The number of halogens is 2. The molecule has 1 atom stereocenters. The molecule has 3 aromatic rings. The third kappa shape index (κ3) is 6.05. The summed E-state index contributed by atoms with van der Waals surface area (Å²) in [5.74, 6) is 1.95. The average molecular weight is 538 g/mol. The van der Waals surface area contributed by atoms with E-state index in [0.717, 1.165) is 17.0 Å². The van der Waals surface area contributed by atoms with Gasteiger partial charge in [0.2, 0.25) is 0 Å². The summed E-state index contributed by atoms with van der Waals surface area (Å²) in [6.45, 7) is 5.65. The lowest BCUT2D eigenvalue weighted by atomic mass is 10.1. The number of ether oxygens (including phenoxy) is 1. The van der Waals surface area contributed by atoms with Crippen LogP contribution in [0.15, 0.2) is 47.6 Å². The highest BCUT2D eigenvalue weighted by Gasteiger charge is 2.22. The lowest BCUT2D eigenvalue weighted by molar-refractivity contribution is 0.285. The second-order valence-corrected chi connectivity index (χ2v) is 7.55. The molecular formula is C22H28FIN6O. The first kappa shape index (κ1) is 23.2. The molecule has 1 aliphatic rings. The third-order valence-electron chi connectivity index (χ3n) is 5.09. The zero-order valence-corrected chi connectivity index (χ0v) is 20.0.